The molecule has 0 fully saturated rings. The van der Waals surface area contributed by atoms with Crippen molar-refractivity contribution in [1.29, 1.82) is 0 Å². The summed E-state index contributed by atoms with van der Waals surface area (Å²) in [6.07, 6.45) is 2.36. The smallest absolute Gasteiger partial charge is 0.337 e. The maximum absolute atomic E-state index is 12.1. The summed E-state index contributed by atoms with van der Waals surface area (Å²) in [6, 6.07) is 18.8. The number of rotatable bonds is 12. The van der Waals surface area contributed by atoms with Crippen LogP contribution < -0.4 is 10.9 Å². The van der Waals surface area contributed by atoms with Gasteiger partial charge in [-0.1, -0.05) is 59.0 Å². The van der Waals surface area contributed by atoms with Crippen LogP contribution in [0.1, 0.15) is 31.8 Å². The van der Waals surface area contributed by atoms with Gasteiger partial charge in [0.1, 0.15) is 21.2 Å². The van der Waals surface area contributed by atoms with Crippen molar-refractivity contribution in [3.05, 3.63) is 107 Å². The zero-order valence-corrected chi connectivity index (χ0v) is 27.7. The predicted octanol–water partition coefficient (Wildman–Crippen LogP) is 5.59. The molecule has 0 amide bonds. The third-order valence-electron chi connectivity index (χ3n) is 5.97. The Bertz CT molecular complexity index is 1990. The summed E-state index contributed by atoms with van der Waals surface area (Å²) in [5.41, 5.74) is 4.66. The summed E-state index contributed by atoms with van der Waals surface area (Å²) < 4.78 is 68.2. The van der Waals surface area contributed by atoms with Crippen LogP contribution in [0.15, 0.2) is 115 Å². The van der Waals surface area contributed by atoms with E-state index in [0.717, 1.165) is 12.1 Å². The molecule has 0 heterocycles. The van der Waals surface area contributed by atoms with Gasteiger partial charge in [0.25, 0.3) is 20.2 Å². The Morgan fingerprint density at radius 2 is 0.957 bits per heavy atom. The van der Waals surface area contributed by atoms with Crippen molar-refractivity contribution in [3.63, 3.8) is 0 Å². The average molecular weight is 690 g/mol. The van der Waals surface area contributed by atoms with Gasteiger partial charge in [-0.25, -0.2) is 9.59 Å². The van der Waals surface area contributed by atoms with Crippen molar-refractivity contribution < 1.29 is 45.7 Å². The fraction of sp³-hybridized carbons (Fsp3) is 0. The molecule has 0 bridgehead atoms. The second kappa shape index (κ2) is 15.6. The molecule has 0 aromatic heterocycles. The number of hydrogen-bond donors (Lipinski definition) is 6. The number of aromatic carboxylic acids is 2. The molecule has 0 aliphatic heterocycles. The van der Waals surface area contributed by atoms with Crippen molar-refractivity contribution in [2.45, 2.75) is 9.79 Å². The van der Waals surface area contributed by atoms with Crippen molar-refractivity contribution in [3.8, 4) is 0 Å². The summed E-state index contributed by atoms with van der Waals surface area (Å²) in [5, 5.41) is 33.4. The molecule has 4 rings (SSSR count). The molecule has 0 saturated carbocycles. The van der Waals surface area contributed by atoms with Crippen molar-refractivity contribution in [1.82, 2.24) is 0 Å². The molecule has 0 saturated heterocycles. The predicted molar refractivity (Wildman–Crippen MR) is 170 cm³/mol. The summed E-state index contributed by atoms with van der Waals surface area (Å²) in [6.45, 7) is 0. The summed E-state index contributed by atoms with van der Waals surface area (Å²) in [4.78, 5) is 21.5. The summed E-state index contributed by atoms with van der Waals surface area (Å²) in [7, 11) is -9.64. The molecular weight excluding hydrogens is 667 g/mol. The zero-order valence-electron chi connectivity index (χ0n) is 24.1. The number of benzene rings is 4. The molecule has 0 aliphatic rings. The van der Waals surface area contributed by atoms with Crippen molar-refractivity contribution in [2.75, 3.05) is 10.9 Å². The molecule has 0 unspecified atom stereocenters. The maximum Gasteiger partial charge on any atom is 0.337 e. The van der Waals surface area contributed by atoms with E-state index in [-0.39, 0.29) is 74.6 Å². The van der Waals surface area contributed by atoms with Gasteiger partial charge < -0.3 is 10.2 Å². The van der Waals surface area contributed by atoms with Gasteiger partial charge in [-0.05, 0) is 59.7 Å². The fourth-order valence-electron chi connectivity index (χ4n) is 3.87. The molecule has 16 nitrogen and oxygen atoms in total. The Balaban J connectivity index is 0.00000600. The quantitative estimate of drug-likeness (QED) is 0.0350. The van der Waals surface area contributed by atoms with Gasteiger partial charge in [0.05, 0.1) is 22.5 Å². The summed E-state index contributed by atoms with van der Waals surface area (Å²) >= 11 is 0. The van der Waals surface area contributed by atoms with E-state index in [4.69, 9.17) is 0 Å². The van der Waals surface area contributed by atoms with E-state index in [2.05, 4.69) is 31.5 Å². The molecule has 0 spiro atoms. The normalized spacial score (nSPS) is 11.9. The Labute approximate surface area is 289 Å². The van der Waals surface area contributed by atoms with E-state index in [1.54, 1.807) is 12.1 Å². The van der Waals surface area contributed by atoms with Crippen LogP contribution in [0, 0.1) is 0 Å². The van der Waals surface area contributed by atoms with Gasteiger partial charge in [0, 0.05) is 29.6 Å². The molecule has 237 valence electrons. The third-order valence-corrected chi connectivity index (χ3v) is 7.79. The van der Waals surface area contributed by atoms with Crippen LogP contribution in [0.4, 0.5) is 22.7 Å². The first-order valence-corrected chi connectivity index (χ1v) is 15.5. The second-order valence-electron chi connectivity index (χ2n) is 9.06. The topological polar surface area (TPSA) is 257 Å². The first-order chi connectivity index (χ1) is 21.7. The molecule has 4 aromatic carbocycles. The minimum atomic E-state index is -4.82. The molecular formula is C28H22N6NaO10S2. The maximum atomic E-state index is 12.1. The number of hydrogen-bond acceptors (Lipinski definition) is 10. The largest absolute Gasteiger partial charge is 0.478 e. The monoisotopic (exact) mass is 689 g/mol. The van der Waals surface area contributed by atoms with Crippen molar-refractivity contribution in [2.24, 2.45) is 20.7 Å². The Kier molecular flexibility index (Phi) is 12.2. The summed E-state index contributed by atoms with van der Waals surface area (Å²) in [5.74, 6) is -2.46. The van der Waals surface area contributed by atoms with Gasteiger partial charge >= 0.3 is 11.9 Å². The van der Waals surface area contributed by atoms with E-state index >= 15 is 0 Å². The van der Waals surface area contributed by atoms with E-state index in [0.29, 0.717) is 0 Å². The van der Waals surface area contributed by atoms with Gasteiger partial charge in [-0.3, -0.25) is 20.0 Å². The van der Waals surface area contributed by atoms with Crippen molar-refractivity contribution >= 4 is 96.6 Å². The number of carbonyl (C=O) groups is 2. The molecule has 19 heteroatoms. The number of anilines is 2. The van der Waals surface area contributed by atoms with Crippen LogP contribution in [0.3, 0.4) is 0 Å². The molecule has 0 atom stereocenters. The van der Waals surface area contributed by atoms with Crippen LogP contribution >= 0.6 is 0 Å². The Morgan fingerprint density at radius 1 is 0.596 bits per heavy atom. The number of carboxylic acid groups (broad SMARTS) is 2. The minimum Gasteiger partial charge on any atom is -0.478 e. The van der Waals surface area contributed by atoms with E-state index in [1.807, 2.05) is 0 Å². The van der Waals surface area contributed by atoms with Crippen LogP contribution in [-0.4, -0.2) is 77.7 Å². The number of nitrogens with zero attached hydrogens (tertiary/aromatic N) is 4. The van der Waals surface area contributed by atoms with Crippen LogP contribution in [0.5, 0.6) is 0 Å². The first-order valence-electron chi connectivity index (χ1n) is 12.6. The second-order valence-corrected chi connectivity index (χ2v) is 11.8. The number of carboxylic acids is 2. The Morgan fingerprint density at radius 3 is 1.30 bits per heavy atom. The standard InChI is InChI=1S/C28H22N6O10S2.Na/c35-27(36)21-5-1-3-7-23(21)31-33-29-19-13-11-17(25(15-19)45(39,40)41)9-10-18-12-14-20(16-26(18)46(42,43)44)30-34-32-24-8-4-2-6-22(24)28(37)38;/h1-16H,(H,29,31)(H,30,32)(H,35,36)(H,37,38)(H,39,40,41)(H,42,43,44);/b10-9+;. The van der Waals surface area contributed by atoms with Crippen LogP contribution in [0.2, 0.25) is 0 Å². The zero-order chi connectivity index (χ0) is 33.5. The van der Waals surface area contributed by atoms with Crippen LogP contribution in [0.25, 0.3) is 12.2 Å². The third kappa shape index (κ3) is 9.83. The molecule has 6 N–H and O–H groups in total. The van der Waals surface area contributed by atoms with E-state index in [1.165, 1.54) is 72.8 Å². The van der Waals surface area contributed by atoms with Gasteiger partial charge in [-0.2, -0.15) is 16.8 Å². The van der Waals surface area contributed by atoms with E-state index in [9.17, 15) is 45.7 Å². The minimum absolute atomic E-state index is 0. The Hall–Kier alpha value is -4.82. The van der Waals surface area contributed by atoms with Crippen LogP contribution in [-0.2, 0) is 20.2 Å². The molecule has 1 radical (unpaired) electrons. The van der Waals surface area contributed by atoms with Gasteiger partial charge in [0.15, 0.2) is 0 Å². The molecule has 4 aromatic rings. The van der Waals surface area contributed by atoms with E-state index < -0.39 is 42.0 Å². The van der Waals surface area contributed by atoms with Gasteiger partial charge in [-0.15, -0.1) is 10.2 Å². The average Bonchev–Trinajstić information content (AvgIpc) is 3.00. The SMILES string of the molecule is O=C(O)c1ccccc1N=NNc1ccc(/C=C/c2ccc(NN=Nc3ccccc3C(=O)O)cc2S(=O)(=O)O)c(S(=O)(=O)O)c1.[Na]. The van der Waals surface area contributed by atoms with Gasteiger partial charge in [0.2, 0.25) is 0 Å². The fourth-order valence-corrected chi connectivity index (χ4v) is 5.29. The number of nitrogens with one attached hydrogen (secondary N) is 2. The first kappa shape index (κ1) is 36.6. The molecule has 47 heavy (non-hydrogen) atoms. The molecule has 0 aliphatic carbocycles.